The molecule has 0 aliphatic heterocycles. The number of ketones is 1. The average molecular weight is 422 g/mol. The molecule has 0 atom stereocenters. The van der Waals surface area contributed by atoms with Crippen molar-refractivity contribution in [1.29, 1.82) is 0 Å². The van der Waals surface area contributed by atoms with Crippen LogP contribution in [-0.4, -0.2) is 32.8 Å². The Labute approximate surface area is 176 Å². The first-order chi connectivity index (χ1) is 14.7. The zero-order chi connectivity index (χ0) is 22.7. The third kappa shape index (κ3) is 4.47. The van der Waals surface area contributed by atoms with Crippen LogP contribution in [0.4, 0.5) is 11.4 Å². The molecule has 0 N–H and O–H groups in total. The number of nitrogens with zero attached hydrogens (tertiary/aromatic N) is 4. The summed E-state index contributed by atoms with van der Waals surface area (Å²) >= 11 is 0. The molecule has 1 amide bonds. The van der Waals surface area contributed by atoms with E-state index in [-0.39, 0.29) is 29.0 Å². The molecule has 0 bridgehead atoms. The summed E-state index contributed by atoms with van der Waals surface area (Å²) in [6.07, 6.45) is 0. The summed E-state index contributed by atoms with van der Waals surface area (Å²) in [5.74, 6) is -0.940. The number of rotatable bonds is 7. The van der Waals surface area contributed by atoms with Crippen molar-refractivity contribution < 1.29 is 19.4 Å². The molecule has 0 radical (unpaired) electrons. The van der Waals surface area contributed by atoms with Gasteiger partial charge in [0.15, 0.2) is 5.78 Å². The van der Waals surface area contributed by atoms with Crippen molar-refractivity contribution in [3.05, 3.63) is 103 Å². The van der Waals surface area contributed by atoms with Crippen molar-refractivity contribution >= 4 is 23.1 Å². The topological polar surface area (TPSA) is 129 Å². The predicted molar refractivity (Wildman–Crippen MR) is 112 cm³/mol. The van der Waals surface area contributed by atoms with E-state index in [1.54, 1.807) is 30.7 Å². The highest BCUT2D eigenvalue weighted by atomic mass is 16.6. The largest absolute Gasteiger partial charge is 0.292 e. The molecule has 158 valence electrons. The number of carbonyl (C=O) groups excluding carboxylic acids is 2. The quantitative estimate of drug-likeness (QED) is 0.325. The average Bonchev–Trinajstić information content (AvgIpc) is 3.09. The Morgan fingerprint density at radius 3 is 1.61 bits per heavy atom. The van der Waals surface area contributed by atoms with Gasteiger partial charge in [0.2, 0.25) is 0 Å². The van der Waals surface area contributed by atoms with Crippen LogP contribution in [0.3, 0.4) is 0 Å². The van der Waals surface area contributed by atoms with Crippen LogP contribution in [0.2, 0.25) is 0 Å². The molecule has 3 rings (SSSR count). The Morgan fingerprint density at radius 2 is 1.19 bits per heavy atom. The summed E-state index contributed by atoms with van der Waals surface area (Å²) in [6.45, 7) is 3.23. The van der Waals surface area contributed by atoms with Gasteiger partial charge in [-0.1, -0.05) is 0 Å². The van der Waals surface area contributed by atoms with Crippen LogP contribution in [0.25, 0.3) is 0 Å². The van der Waals surface area contributed by atoms with Crippen LogP contribution >= 0.6 is 0 Å². The maximum absolute atomic E-state index is 13.2. The van der Waals surface area contributed by atoms with Gasteiger partial charge in [-0.3, -0.25) is 34.5 Å². The maximum atomic E-state index is 13.2. The summed E-state index contributed by atoms with van der Waals surface area (Å²) in [4.78, 5) is 46.7. The monoisotopic (exact) mass is 422 g/mol. The molecule has 1 heterocycles. The molecule has 0 saturated heterocycles. The first-order valence-corrected chi connectivity index (χ1v) is 9.18. The van der Waals surface area contributed by atoms with Crippen molar-refractivity contribution in [3.8, 4) is 0 Å². The second-order valence-electron chi connectivity index (χ2n) is 6.82. The van der Waals surface area contributed by atoms with Gasteiger partial charge >= 0.3 is 0 Å². The van der Waals surface area contributed by atoms with E-state index >= 15 is 0 Å². The van der Waals surface area contributed by atoms with Crippen molar-refractivity contribution in [2.24, 2.45) is 0 Å². The molecule has 0 saturated carbocycles. The highest BCUT2D eigenvalue weighted by molar-refractivity contribution is 6.08. The number of aromatic nitrogens is 1. The van der Waals surface area contributed by atoms with E-state index in [0.29, 0.717) is 11.4 Å². The molecular formula is C21H18N4O6. The van der Waals surface area contributed by atoms with Gasteiger partial charge in [0.1, 0.15) is 6.54 Å². The lowest BCUT2D eigenvalue weighted by atomic mass is 10.1. The third-order valence-corrected chi connectivity index (χ3v) is 4.73. The van der Waals surface area contributed by atoms with Gasteiger partial charge in [-0.25, -0.2) is 5.01 Å². The van der Waals surface area contributed by atoms with Crippen LogP contribution in [0.5, 0.6) is 0 Å². The summed E-state index contributed by atoms with van der Waals surface area (Å²) in [6, 6.07) is 13.8. The standard InChI is InChI=1S/C21H18N4O6/c1-14-3-4-15(2)23(14)22(21(27)17-7-11-19(12-8-17)25(30)31)13-20(26)16-5-9-18(10-6-16)24(28)29/h3-12H,13H2,1-2H3. The van der Waals surface area contributed by atoms with Gasteiger partial charge in [0, 0.05) is 46.8 Å². The normalized spacial score (nSPS) is 10.5. The number of carbonyl (C=O) groups is 2. The van der Waals surface area contributed by atoms with Gasteiger partial charge in [-0.2, -0.15) is 0 Å². The zero-order valence-corrected chi connectivity index (χ0v) is 16.7. The zero-order valence-electron chi connectivity index (χ0n) is 16.7. The Bertz CT molecular complexity index is 1150. The molecule has 0 aliphatic rings. The van der Waals surface area contributed by atoms with E-state index in [0.717, 1.165) is 0 Å². The summed E-state index contributed by atoms with van der Waals surface area (Å²) in [5, 5.41) is 23.0. The lowest BCUT2D eigenvalue weighted by Crippen LogP contribution is -2.45. The molecule has 3 aromatic rings. The van der Waals surface area contributed by atoms with Crippen molar-refractivity contribution in [1.82, 2.24) is 4.68 Å². The number of non-ortho nitro benzene ring substituents is 2. The molecule has 0 aliphatic carbocycles. The van der Waals surface area contributed by atoms with E-state index in [2.05, 4.69) is 0 Å². The SMILES string of the molecule is Cc1ccc(C)n1N(CC(=O)c1ccc([N+](=O)[O-])cc1)C(=O)c1ccc([N+](=O)[O-])cc1. The fourth-order valence-electron chi connectivity index (χ4n) is 3.15. The van der Waals surface area contributed by atoms with Crippen LogP contribution in [0.15, 0.2) is 60.7 Å². The van der Waals surface area contributed by atoms with Crippen molar-refractivity contribution in [2.75, 3.05) is 11.6 Å². The molecule has 0 fully saturated rings. The Balaban J connectivity index is 1.95. The molecule has 0 unspecified atom stereocenters. The number of nitro benzene ring substituents is 2. The van der Waals surface area contributed by atoms with E-state index < -0.39 is 21.5 Å². The third-order valence-electron chi connectivity index (χ3n) is 4.73. The molecule has 10 heteroatoms. The van der Waals surface area contributed by atoms with Crippen molar-refractivity contribution in [3.63, 3.8) is 0 Å². The number of hydrogen-bond donors (Lipinski definition) is 0. The Kier molecular flexibility index (Phi) is 5.91. The molecule has 2 aromatic carbocycles. The fourth-order valence-corrected chi connectivity index (χ4v) is 3.15. The first-order valence-electron chi connectivity index (χ1n) is 9.18. The highest BCUT2D eigenvalue weighted by Gasteiger charge is 2.24. The summed E-state index contributed by atoms with van der Waals surface area (Å²) < 4.78 is 1.59. The van der Waals surface area contributed by atoms with Crippen LogP contribution < -0.4 is 5.01 Å². The number of Topliss-reactive ketones (excluding diaryl/α,β-unsaturated/α-hetero) is 1. The minimum absolute atomic E-state index is 0.146. The van der Waals surface area contributed by atoms with Crippen LogP contribution in [-0.2, 0) is 0 Å². The second kappa shape index (κ2) is 8.57. The molecule has 0 spiro atoms. The molecule has 1 aromatic heterocycles. The number of hydrogen-bond acceptors (Lipinski definition) is 6. The smallest absolute Gasteiger partial charge is 0.273 e. The van der Waals surface area contributed by atoms with Crippen molar-refractivity contribution in [2.45, 2.75) is 13.8 Å². The second-order valence-corrected chi connectivity index (χ2v) is 6.82. The predicted octanol–water partition coefficient (Wildman–Crippen LogP) is 3.58. The summed E-state index contributed by atoms with van der Waals surface area (Å²) in [5.41, 5.74) is 1.52. The van der Waals surface area contributed by atoms with Gasteiger partial charge < -0.3 is 0 Å². The van der Waals surface area contributed by atoms with Gasteiger partial charge in [-0.15, -0.1) is 0 Å². The Hall–Kier alpha value is -4.34. The van der Waals surface area contributed by atoms with Gasteiger partial charge in [-0.05, 0) is 50.2 Å². The van der Waals surface area contributed by atoms with E-state index in [9.17, 15) is 29.8 Å². The van der Waals surface area contributed by atoms with Gasteiger partial charge in [0.25, 0.3) is 17.3 Å². The van der Waals surface area contributed by atoms with E-state index in [1.165, 1.54) is 53.5 Å². The molecular weight excluding hydrogens is 404 g/mol. The summed E-state index contributed by atoms with van der Waals surface area (Å²) in [7, 11) is 0. The maximum Gasteiger partial charge on any atom is 0.273 e. The minimum Gasteiger partial charge on any atom is -0.292 e. The molecule has 31 heavy (non-hydrogen) atoms. The van der Waals surface area contributed by atoms with E-state index in [1.807, 2.05) is 0 Å². The number of benzene rings is 2. The van der Waals surface area contributed by atoms with Crippen LogP contribution in [0, 0.1) is 34.1 Å². The number of nitro groups is 2. The molecule has 10 nitrogen and oxygen atoms in total. The lowest BCUT2D eigenvalue weighted by Gasteiger charge is -2.26. The van der Waals surface area contributed by atoms with Gasteiger partial charge in [0.05, 0.1) is 9.85 Å². The van der Waals surface area contributed by atoms with Crippen LogP contribution in [0.1, 0.15) is 32.1 Å². The lowest BCUT2D eigenvalue weighted by molar-refractivity contribution is -0.385. The number of aryl methyl sites for hydroxylation is 2. The minimum atomic E-state index is -0.565. The van der Waals surface area contributed by atoms with E-state index in [4.69, 9.17) is 0 Å². The Morgan fingerprint density at radius 1 is 0.774 bits per heavy atom. The highest BCUT2D eigenvalue weighted by Crippen LogP contribution is 2.17. The first kappa shape index (κ1) is 21.4. The fraction of sp³-hybridized carbons (Fsp3) is 0.143. The number of amides is 1.